The van der Waals surface area contributed by atoms with Crippen molar-refractivity contribution in [2.75, 3.05) is 6.54 Å². The largest absolute Gasteiger partial charge is 0.481 e. The van der Waals surface area contributed by atoms with Crippen molar-refractivity contribution in [2.45, 2.75) is 25.3 Å². The molecule has 0 radical (unpaired) electrons. The third-order valence-corrected chi connectivity index (χ3v) is 3.52. The molecule has 1 heterocycles. The van der Waals surface area contributed by atoms with Gasteiger partial charge in [-0.25, -0.2) is 4.39 Å². The molecule has 0 bridgehead atoms. The molecule has 0 aliphatic carbocycles. The average Bonchev–Trinajstić information content (AvgIpc) is 2.79. The molecular formula is C13H13ClFNO3. The minimum atomic E-state index is -0.938. The van der Waals surface area contributed by atoms with Crippen LogP contribution in [0.4, 0.5) is 4.39 Å². The van der Waals surface area contributed by atoms with E-state index in [-0.39, 0.29) is 29.0 Å². The Morgan fingerprint density at radius 3 is 2.84 bits per heavy atom. The summed E-state index contributed by atoms with van der Waals surface area (Å²) >= 11 is 5.56. The third kappa shape index (κ3) is 3.04. The number of halogens is 2. The molecule has 0 aromatic heterocycles. The van der Waals surface area contributed by atoms with Crippen LogP contribution in [0.25, 0.3) is 0 Å². The Morgan fingerprint density at radius 2 is 2.21 bits per heavy atom. The third-order valence-electron chi connectivity index (χ3n) is 3.21. The summed E-state index contributed by atoms with van der Waals surface area (Å²) in [5, 5.41) is 8.77. The Labute approximate surface area is 114 Å². The molecule has 0 saturated carbocycles. The number of carboxylic acids is 1. The van der Waals surface area contributed by atoms with Gasteiger partial charge in [0, 0.05) is 18.2 Å². The number of nitrogens with zero attached hydrogens (tertiary/aromatic N) is 1. The van der Waals surface area contributed by atoms with E-state index in [0.29, 0.717) is 13.0 Å². The minimum absolute atomic E-state index is 0.0416. The molecule has 102 valence electrons. The van der Waals surface area contributed by atoms with Crippen LogP contribution in [0.1, 0.15) is 29.6 Å². The van der Waals surface area contributed by atoms with Crippen molar-refractivity contribution in [1.29, 1.82) is 0 Å². The van der Waals surface area contributed by atoms with Crippen LogP contribution < -0.4 is 0 Å². The number of hydrogen-bond donors (Lipinski definition) is 1. The van der Waals surface area contributed by atoms with Crippen LogP contribution in [0, 0.1) is 5.82 Å². The van der Waals surface area contributed by atoms with Gasteiger partial charge in [-0.2, -0.15) is 0 Å². The van der Waals surface area contributed by atoms with Crippen molar-refractivity contribution >= 4 is 23.5 Å². The predicted molar refractivity (Wildman–Crippen MR) is 67.7 cm³/mol. The maximum atomic E-state index is 13.3. The van der Waals surface area contributed by atoms with Gasteiger partial charge in [0.2, 0.25) is 0 Å². The van der Waals surface area contributed by atoms with E-state index in [1.54, 1.807) is 0 Å². The summed E-state index contributed by atoms with van der Waals surface area (Å²) in [6, 6.07) is 3.54. The Hall–Kier alpha value is -1.62. The Morgan fingerprint density at radius 1 is 1.47 bits per heavy atom. The first kappa shape index (κ1) is 13.8. The lowest BCUT2D eigenvalue weighted by atomic mass is 10.1. The minimum Gasteiger partial charge on any atom is -0.481 e. The summed E-state index contributed by atoms with van der Waals surface area (Å²) in [5.74, 6) is -1.94. The zero-order valence-corrected chi connectivity index (χ0v) is 10.9. The first-order valence-corrected chi connectivity index (χ1v) is 6.34. The molecule has 1 aliphatic rings. The molecule has 1 fully saturated rings. The van der Waals surface area contributed by atoms with Crippen LogP contribution in [0.5, 0.6) is 0 Å². The monoisotopic (exact) mass is 285 g/mol. The molecule has 1 saturated heterocycles. The van der Waals surface area contributed by atoms with Gasteiger partial charge in [0.15, 0.2) is 0 Å². The number of likely N-dealkylation sites (tertiary alicyclic amines) is 1. The smallest absolute Gasteiger partial charge is 0.305 e. The standard InChI is InChI=1S/C13H13ClFNO3/c14-10-4-3-8(6-11(10)15)13(19)16-5-1-2-9(16)7-12(17)18/h3-4,6,9H,1-2,5,7H2,(H,17,18). The van der Waals surface area contributed by atoms with Crippen molar-refractivity contribution in [1.82, 2.24) is 4.90 Å². The quantitative estimate of drug-likeness (QED) is 0.928. The second-order valence-electron chi connectivity index (χ2n) is 4.52. The number of carbonyl (C=O) groups is 2. The number of hydrogen-bond acceptors (Lipinski definition) is 2. The van der Waals surface area contributed by atoms with Gasteiger partial charge in [0.25, 0.3) is 5.91 Å². The van der Waals surface area contributed by atoms with Crippen molar-refractivity contribution in [3.05, 3.63) is 34.6 Å². The fourth-order valence-electron chi connectivity index (χ4n) is 2.31. The average molecular weight is 286 g/mol. The van der Waals surface area contributed by atoms with E-state index in [1.165, 1.54) is 17.0 Å². The molecule has 2 rings (SSSR count). The molecular weight excluding hydrogens is 273 g/mol. The second kappa shape index (κ2) is 5.57. The van der Waals surface area contributed by atoms with Gasteiger partial charge in [-0.1, -0.05) is 11.6 Å². The Kier molecular flexibility index (Phi) is 4.04. The Balaban J connectivity index is 2.18. The first-order valence-electron chi connectivity index (χ1n) is 5.97. The summed E-state index contributed by atoms with van der Waals surface area (Å²) in [6.45, 7) is 0.501. The number of aliphatic carboxylic acids is 1. The summed E-state index contributed by atoms with van der Waals surface area (Å²) in [6.07, 6.45) is 1.34. The second-order valence-corrected chi connectivity index (χ2v) is 4.93. The molecule has 1 aromatic rings. The van der Waals surface area contributed by atoms with Crippen LogP contribution in [-0.4, -0.2) is 34.5 Å². The van der Waals surface area contributed by atoms with E-state index in [1.807, 2.05) is 0 Å². The van der Waals surface area contributed by atoms with Crippen LogP contribution in [0.3, 0.4) is 0 Å². The van der Waals surface area contributed by atoms with Gasteiger partial charge < -0.3 is 10.0 Å². The molecule has 19 heavy (non-hydrogen) atoms. The molecule has 4 nitrogen and oxygen atoms in total. The maximum absolute atomic E-state index is 13.3. The fourth-order valence-corrected chi connectivity index (χ4v) is 2.43. The van der Waals surface area contributed by atoms with E-state index >= 15 is 0 Å². The number of benzene rings is 1. The topological polar surface area (TPSA) is 57.6 Å². The maximum Gasteiger partial charge on any atom is 0.305 e. The Bertz CT molecular complexity index is 521. The van der Waals surface area contributed by atoms with E-state index < -0.39 is 11.8 Å². The lowest BCUT2D eigenvalue weighted by Crippen LogP contribution is -2.36. The normalized spacial score (nSPS) is 18.6. The zero-order valence-electron chi connectivity index (χ0n) is 10.1. The highest BCUT2D eigenvalue weighted by Gasteiger charge is 2.31. The van der Waals surface area contributed by atoms with Crippen molar-refractivity contribution in [3.8, 4) is 0 Å². The highest BCUT2D eigenvalue weighted by Crippen LogP contribution is 2.24. The van der Waals surface area contributed by atoms with Crippen LogP contribution in [0.2, 0.25) is 5.02 Å². The first-order chi connectivity index (χ1) is 8.99. The van der Waals surface area contributed by atoms with Crippen LogP contribution in [0.15, 0.2) is 18.2 Å². The summed E-state index contributed by atoms with van der Waals surface area (Å²) in [5.41, 5.74) is 0.194. The summed E-state index contributed by atoms with van der Waals surface area (Å²) < 4.78 is 13.3. The summed E-state index contributed by atoms with van der Waals surface area (Å²) in [7, 11) is 0. The van der Waals surface area contributed by atoms with Gasteiger partial charge in [-0.05, 0) is 31.0 Å². The molecule has 1 aliphatic heterocycles. The molecule has 1 aromatic carbocycles. The van der Waals surface area contributed by atoms with Crippen LogP contribution in [-0.2, 0) is 4.79 Å². The lowest BCUT2D eigenvalue weighted by molar-refractivity contribution is -0.137. The molecule has 1 unspecified atom stereocenters. The molecule has 1 atom stereocenters. The van der Waals surface area contributed by atoms with Crippen LogP contribution >= 0.6 is 11.6 Å². The molecule has 1 N–H and O–H groups in total. The van der Waals surface area contributed by atoms with Gasteiger partial charge in [-0.3, -0.25) is 9.59 Å². The SMILES string of the molecule is O=C(O)CC1CCCN1C(=O)c1ccc(Cl)c(F)c1. The van der Waals surface area contributed by atoms with Crippen molar-refractivity contribution in [2.24, 2.45) is 0 Å². The lowest BCUT2D eigenvalue weighted by Gasteiger charge is -2.23. The number of carboxylic acid groups (broad SMARTS) is 1. The zero-order chi connectivity index (χ0) is 14.0. The van der Waals surface area contributed by atoms with E-state index in [4.69, 9.17) is 16.7 Å². The van der Waals surface area contributed by atoms with E-state index in [9.17, 15) is 14.0 Å². The summed E-state index contributed by atoms with van der Waals surface area (Å²) in [4.78, 5) is 24.5. The fraction of sp³-hybridized carbons (Fsp3) is 0.385. The van der Waals surface area contributed by atoms with E-state index in [2.05, 4.69) is 0 Å². The molecule has 6 heteroatoms. The highest BCUT2D eigenvalue weighted by atomic mass is 35.5. The van der Waals surface area contributed by atoms with Gasteiger partial charge in [0.05, 0.1) is 11.4 Å². The predicted octanol–water partition coefficient (Wildman–Crippen LogP) is 2.56. The van der Waals surface area contributed by atoms with Gasteiger partial charge in [-0.15, -0.1) is 0 Å². The van der Waals surface area contributed by atoms with Crippen molar-refractivity contribution in [3.63, 3.8) is 0 Å². The number of carbonyl (C=O) groups excluding carboxylic acids is 1. The highest BCUT2D eigenvalue weighted by molar-refractivity contribution is 6.30. The van der Waals surface area contributed by atoms with Crippen molar-refractivity contribution < 1.29 is 19.1 Å². The number of rotatable bonds is 3. The van der Waals surface area contributed by atoms with Gasteiger partial charge in [0.1, 0.15) is 5.82 Å². The molecule has 1 amide bonds. The molecule has 0 spiro atoms. The van der Waals surface area contributed by atoms with E-state index in [0.717, 1.165) is 12.5 Å². The van der Waals surface area contributed by atoms with Gasteiger partial charge >= 0.3 is 5.97 Å². The number of amides is 1.